The molecule has 1 aliphatic carbocycles. The summed E-state index contributed by atoms with van der Waals surface area (Å²) in [7, 11) is 0. The number of amides is 2. The zero-order chi connectivity index (χ0) is 23.3. The standard InChI is InChI=1S/C25H28FN3O4/c1-25(2,3)33-24(31)29-13-18-21(32-18)20(29)23(30)28-19(15-7-5-4-6-8-15)17-12-11-16(14-9-10-14)22(26)27-17/h4-8,11-12,14,18-21H,9-10,13H2,1-3H3,(H,28,30)/t18-,19-,20-,21-/m0/s1. The van der Waals surface area contributed by atoms with E-state index in [4.69, 9.17) is 9.47 Å². The molecule has 33 heavy (non-hydrogen) atoms. The van der Waals surface area contributed by atoms with Crippen molar-refractivity contribution in [3.05, 3.63) is 65.2 Å². The summed E-state index contributed by atoms with van der Waals surface area (Å²) in [6.07, 6.45) is 0.865. The summed E-state index contributed by atoms with van der Waals surface area (Å²) in [5.74, 6) is -0.638. The molecule has 2 aliphatic heterocycles. The van der Waals surface area contributed by atoms with Crippen LogP contribution >= 0.6 is 0 Å². The number of nitrogens with zero attached hydrogens (tertiary/aromatic N) is 2. The second-order valence-electron chi connectivity index (χ2n) is 9.96. The number of aromatic nitrogens is 1. The minimum absolute atomic E-state index is 0.170. The lowest BCUT2D eigenvalue weighted by Gasteiger charge is -2.30. The van der Waals surface area contributed by atoms with Gasteiger partial charge in [-0.1, -0.05) is 36.4 Å². The average molecular weight is 454 g/mol. The third kappa shape index (κ3) is 4.57. The summed E-state index contributed by atoms with van der Waals surface area (Å²) < 4.78 is 25.8. The maximum atomic E-state index is 14.7. The van der Waals surface area contributed by atoms with Crippen LogP contribution in [-0.2, 0) is 14.3 Å². The first-order valence-corrected chi connectivity index (χ1v) is 11.4. The monoisotopic (exact) mass is 453 g/mol. The summed E-state index contributed by atoms with van der Waals surface area (Å²) in [5, 5.41) is 2.99. The molecule has 8 heteroatoms. The summed E-state index contributed by atoms with van der Waals surface area (Å²) >= 11 is 0. The number of hydrogen-bond acceptors (Lipinski definition) is 5. The van der Waals surface area contributed by atoms with Crippen molar-refractivity contribution in [1.29, 1.82) is 0 Å². The maximum Gasteiger partial charge on any atom is 0.411 e. The van der Waals surface area contributed by atoms with Crippen LogP contribution in [0.2, 0.25) is 0 Å². The van der Waals surface area contributed by atoms with Crippen LogP contribution in [0.3, 0.4) is 0 Å². The molecular weight excluding hydrogens is 425 g/mol. The molecule has 0 radical (unpaired) electrons. The summed E-state index contributed by atoms with van der Waals surface area (Å²) in [6.45, 7) is 5.65. The van der Waals surface area contributed by atoms with Crippen molar-refractivity contribution in [2.24, 2.45) is 0 Å². The Hall–Kier alpha value is -3.00. The van der Waals surface area contributed by atoms with Crippen molar-refractivity contribution < 1.29 is 23.5 Å². The van der Waals surface area contributed by atoms with Crippen molar-refractivity contribution in [3.63, 3.8) is 0 Å². The van der Waals surface area contributed by atoms with E-state index in [-0.39, 0.29) is 24.0 Å². The summed E-state index contributed by atoms with van der Waals surface area (Å²) in [6, 6.07) is 11.3. The van der Waals surface area contributed by atoms with Crippen LogP contribution < -0.4 is 5.32 Å². The Kier molecular flexibility index (Phi) is 5.35. The molecule has 5 rings (SSSR count). The van der Waals surface area contributed by atoms with Gasteiger partial charge in [-0.05, 0) is 51.2 Å². The van der Waals surface area contributed by atoms with E-state index in [2.05, 4.69) is 10.3 Å². The number of hydrogen-bond donors (Lipinski definition) is 1. The average Bonchev–Trinajstić information content (AvgIpc) is 3.69. The van der Waals surface area contributed by atoms with Gasteiger partial charge in [0.2, 0.25) is 11.9 Å². The van der Waals surface area contributed by atoms with Crippen molar-refractivity contribution >= 4 is 12.0 Å². The Morgan fingerprint density at radius 3 is 2.55 bits per heavy atom. The number of carbonyl (C=O) groups is 2. The van der Waals surface area contributed by atoms with Gasteiger partial charge in [0, 0.05) is 5.56 Å². The molecule has 0 unspecified atom stereocenters. The van der Waals surface area contributed by atoms with Crippen LogP contribution in [0.15, 0.2) is 42.5 Å². The van der Waals surface area contributed by atoms with E-state index in [1.165, 1.54) is 4.90 Å². The first kappa shape index (κ1) is 21.8. The number of pyridine rings is 1. The fourth-order valence-corrected chi connectivity index (χ4v) is 4.39. The lowest BCUT2D eigenvalue weighted by Crippen LogP contribution is -2.51. The Labute approximate surface area is 192 Å². The molecule has 2 aromatic rings. The van der Waals surface area contributed by atoms with Crippen LogP contribution in [0.25, 0.3) is 0 Å². The highest BCUT2D eigenvalue weighted by Crippen LogP contribution is 2.41. The Morgan fingerprint density at radius 2 is 1.91 bits per heavy atom. The molecule has 2 saturated heterocycles. The number of ether oxygens (including phenoxy) is 2. The van der Waals surface area contributed by atoms with Gasteiger partial charge in [-0.3, -0.25) is 9.69 Å². The predicted molar refractivity (Wildman–Crippen MR) is 118 cm³/mol. The number of carbonyl (C=O) groups excluding carboxylic acids is 2. The van der Waals surface area contributed by atoms with Gasteiger partial charge in [0.25, 0.3) is 0 Å². The van der Waals surface area contributed by atoms with E-state index >= 15 is 0 Å². The quantitative estimate of drug-likeness (QED) is 0.551. The highest BCUT2D eigenvalue weighted by Gasteiger charge is 2.60. The second-order valence-corrected chi connectivity index (χ2v) is 9.96. The van der Waals surface area contributed by atoms with Crippen LogP contribution in [0.4, 0.5) is 9.18 Å². The molecule has 7 nitrogen and oxygen atoms in total. The second kappa shape index (κ2) is 8.09. The van der Waals surface area contributed by atoms with Crippen LogP contribution in [0, 0.1) is 5.95 Å². The highest BCUT2D eigenvalue weighted by molar-refractivity contribution is 5.88. The van der Waals surface area contributed by atoms with E-state index in [0.717, 1.165) is 18.4 Å². The van der Waals surface area contributed by atoms with Gasteiger partial charge in [-0.15, -0.1) is 0 Å². The number of halogens is 1. The van der Waals surface area contributed by atoms with E-state index in [1.54, 1.807) is 32.9 Å². The smallest absolute Gasteiger partial charge is 0.411 e. The number of benzene rings is 1. The van der Waals surface area contributed by atoms with E-state index in [0.29, 0.717) is 17.8 Å². The molecule has 1 saturated carbocycles. The normalized spacial score (nSPS) is 24.7. The fraction of sp³-hybridized carbons (Fsp3) is 0.480. The molecule has 3 fully saturated rings. The van der Waals surface area contributed by atoms with Gasteiger partial charge >= 0.3 is 6.09 Å². The Morgan fingerprint density at radius 1 is 1.18 bits per heavy atom. The third-order valence-electron chi connectivity index (χ3n) is 6.17. The number of likely N-dealkylation sites (tertiary alicyclic amines) is 1. The first-order chi connectivity index (χ1) is 15.7. The topological polar surface area (TPSA) is 84.1 Å². The number of rotatable bonds is 5. The van der Waals surface area contributed by atoms with Gasteiger partial charge in [-0.25, -0.2) is 9.78 Å². The molecule has 0 bridgehead atoms. The zero-order valence-corrected chi connectivity index (χ0v) is 19.0. The van der Waals surface area contributed by atoms with E-state index in [1.807, 2.05) is 30.3 Å². The van der Waals surface area contributed by atoms with Crippen molar-refractivity contribution in [2.75, 3.05) is 6.54 Å². The summed E-state index contributed by atoms with van der Waals surface area (Å²) in [5.41, 5.74) is 1.12. The number of epoxide rings is 1. The number of nitrogens with one attached hydrogen (secondary N) is 1. The molecule has 3 aliphatic rings. The maximum absolute atomic E-state index is 14.7. The van der Waals surface area contributed by atoms with E-state index < -0.39 is 29.7 Å². The van der Waals surface area contributed by atoms with Gasteiger partial charge in [0.1, 0.15) is 23.9 Å². The first-order valence-electron chi connectivity index (χ1n) is 11.4. The van der Waals surface area contributed by atoms with Gasteiger partial charge in [0.05, 0.1) is 18.3 Å². The fourth-order valence-electron chi connectivity index (χ4n) is 4.39. The van der Waals surface area contributed by atoms with Crippen molar-refractivity contribution in [2.45, 2.75) is 69.4 Å². The van der Waals surface area contributed by atoms with Gasteiger partial charge < -0.3 is 14.8 Å². The third-order valence-corrected chi connectivity index (χ3v) is 6.17. The molecule has 1 aromatic heterocycles. The SMILES string of the molecule is CC(C)(C)OC(=O)N1C[C@@H]2O[C@@H]2[C@H]1C(=O)N[C@@H](c1ccccc1)c1ccc(C2CC2)c(F)n1. The minimum atomic E-state index is -0.813. The van der Waals surface area contributed by atoms with Crippen LogP contribution in [0.5, 0.6) is 0 Å². The van der Waals surface area contributed by atoms with Crippen LogP contribution in [0.1, 0.15) is 62.4 Å². The number of fused-ring (bicyclic) bond motifs is 1. The largest absolute Gasteiger partial charge is 0.444 e. The highest BCUT2D eigenvalue weighted by atomic mass is 19.1. The Bertz CT molecular complexity index is 1070. The minimum Gasteiger partial charge on any atom is -0.444 e. The van der Waals surface area contributed by atoms with Crippen molar-refractivity contribution in [1.82, 2.24) is 15.2 Å². The summed E-state index contributed by atoms with van der Waals surface area (Å²) in [4.78, 5) is 31.8. The molecule has 4 atom stereocenters. The van der Waals surface area contributed by atoms with Gasteiger partial charge in [0.15, 0.2) is 0 Å². The van der Waals surface area contributed by atoms with Crippen molar-refractivity contribution in [3.8, 4) is 0 Å². The lowest BCUT2D eigenvalue weighted by atomic mass is 10.0. The molecule has 1 aromatic carbocycles. The molecule has 0 spiro atoms. The predicted octanol–water partition coefficient (Wildman–Crippen LogP) is 3.69. The Balaban J connectivity index is 1.40. The molecule has 174 valence electrons. The zero-order valence-electron chi connectivity index (χ0n) is 19.0. The van der Waals surface area contributed by atoms with Gasteiger partial charge in [-0.2, -0.15) is 4.39 Å². The number of morpholine rings is 1. The molecule has 2 amide bonds. The van der Waals surface area contributed by atoms with Crippen LogP contribution in [-0.4, -0.2) is 52.3 Å². The molecular formula is C25H28FN3O4. The molecule has 1 N–H and O–H groups in total. The molecule has 3 heterocycles. The van der Waals surface area contributed by atoms with E-state index in [9.17, 15) is 14.0 Å². The lowest BCUT2D eigenvalue weighted by molar-refractivity contribution is -0.127.